The molecule has 2 heterocycles. The maximum Gasteiger partial charge on any atom is 0.268 e. The van der Waals surface area contributed by atoms with Crippen molar-refractivity contribution in [1.29, 1.82) is 0 Å². The Morgan fingerprint density at radius 2 is 2.33 bits per heavy atom. The normalized spacial score (nSPS) is 10.3. The van der Waals surface area contributed by atoms with E-state index in [-0.39, 0.29) is 11.9 Å². The molecule has 0 aliphatic rings. The van der Waals surface area contributed by atoms with Gasteiger partial charge in [0.05, 0.1) is 13.1 Å². The summed E-state index contributed by atoms with van der Waals surface area (Å²) in [6.07, 6.45) is 1.92. The standard InChI is InChI=1S/C16H19N3OS/c1-12(2)19-8-4-6-15(19)16(20)18-10-14-9-13(11-21-14)5-3-7-17/h4,6,8-9,11-12H,7,10,17H2,1-2H3,(H,18,20). The van der Waals surface area contributed by atoms with Crippen LogP contribution in [0.5, 0.6) is 0 Å². The number of thiophene rings is 1. The third kappa shape index (κ3) is 3.97. The van der Waals surface area contributed by atoms with E-state index in [1.165, 1.54) is 0 Å². The second-order valence-electron chi connectivity index (χ2n) is 4.88. The molecule has 4 nitrogen and oxygen atoms in total. The fourth-order valence-electron chi connectivity index (χ4n) is 1.99. The summed E-state index contributed by atoms with van der Waals surface area (Å²) in [5.74, 6) is 5.74. The van der Waals surface area contributed by atoms with Gasteiger partial charge < -0.3 is 15.6 Å². The largest absolute Gasteiger partial charge is 0.346 e. The number of nitrogens with zero attached hydrogens (tertiary/aromatic N) is 1. The lowest BCUT2D eigenvalue weighted by Crippen LogP contribution is -2.25. The molecule has 110 valence electrons. The molecule has 0 fully saturated rings. The lowest BCUT2D eigenvalue weighted by molar-refractivity contribution is 0.0940. The summed E-state index contributed by atoms with van der Waals surface area (Å²) in [4.78, 5) is 13.3. The van der Waals surface area contributed by atoms with E-state index in [9.17, 15) is 4.79 Å². The van der Waals surface area contributed by atoms with Crippen LogP contribution in [0.4, 0.5) is 0 Å². The number of carbonyl (C=O) groups excluding carboxylic acids is 1. The topological polar surface area (TPSA) is 60.0 Å². The van der Waals surface area contributed by atoms with E-state index in [0.29, 0.717) is 18.8 Å². The average molecular weight is 301 g/mol. The summed E-state index contributed by atoms with van der Waals surface area (Å²) in [5, 5.41) is 4.92. The molecule has 0 radical (unpaired) electrons. The molecule has 2 aromatic rings. The Labute approximate surface area is 129 Å². The van der Waals surface area contributed by atoms with Gasteiger partial charge in [-0.3, -0.25) is 4.79 Å². The molecule has 0 saturated heterocycles. The van der Waals surface area contributed by atoms with Crippen LogP contribution in [-0.4, -0.2) is 17.0 Å². The van der Waals surface area contributed by atoms with Gasteiger partial charge in [0, 0.05) is 28.1 Å². The Hall–Kier alpha value is -2.03. The first-order chi connectivity index (χ1) is 10.1. The molecule has 0 aliphatic heterocycles. The van der Waals surface area contributed by atoms with Crippen molar-refractivity contribution in [3.63, 3.8) is 0 Å². The molecule has 0 saturated carbocycles. The van der Waals surface area contributed by atoms with Crippen molar-refractivity contribution in [1.82, 2.24) is 9.88 Å². The lowest BCUT2D eigenvalue weighted by atomic mass is 10.3. The number of nitrogens with two attached hydrogens (primary N) is 1. The maximum atomic E-state index is 12.2. The number of amides is 1. The van der Waals surface area contributed by atoms with Gasteiger partial charge in [-0.05, 0) is 32.0 Å². The van der Waals surface area contributed by atoms with Crippen LogP contribution in [0.3, 0.4) is 0 Å². The van der Waals surface area contributed by atoms with Crippen LogP contribution in [0.1, 0.15) is 40.8 Å². The molecule has 0 bridgehead atoms. The van der Waals surface area contributed by atoms with Crippen molar-refractivity contribution in [2.24, 2.45) is 5.73 Å². The van der Waals surface area contributed by atoms with Gasteiger partial charge in [0.15, 0.2) is 0 Å². The monoisotopic (exact) mass is 301 g/mol. The molecule has 0 atom stereocenters. The van der Waals surface area contributed by atoms with Crippen LogP contribution in [0.2, 0.25) is 0 Å². The van der Waals surface area contributed by atoms with Crippen molar-refractivity contribution in [2.45, 2.75) is 26.4 Å². The molecular weight excluding hydrogens is 282 g/mol. The van der Waals surface area contributed by atoms with Gasteiger partial charge in [-0.1, -0.05) is 11.8 Å². The van der Waals surface area contributed by atoms with E-state index >= 15 is 0 Å². The third-order valence-corrected chi connectivity index (χ3v) is 3.92. The molecular formula is C16H19N3OS. The second kappa shape index (κ2) is 7.11. The van der Waals surface area contributed by atoms with Crippen molar-refractivity contribution < 1.29 is 4.79 Å². The minimum atomic E-state index is -0.0586. The Morgan fingerprint density at radius 1 is 1.52 bits per heavy atom. The van der Waals surface area contributed by atoms with Crippen LogP contribution in [0.25, 0.3) is 0 Å². The zero-order valence-corrected chi connectivity index (χ0v) is 13.0. The average Bonchev–Trinajstić information content (AvgIpc) is 3.11. The molecule has 3 N–H and O–H groups in total. The van der Waals surface area contributed by atoms with Gasteiger partial charge in [0.25, 0.3) is 5.91 Å². The van der Waals surface area contributed by atoms with Gasteiger partial charge in [0.2, 0.25) is 0 Å². The van der Waals surface area contributed by atoms with Gasteiger partial charge in [-0.25, -0.2) is 0 Å². The van der Waals surface area contributed by atoms with Crippen LogP contribution in [0, 0.1) is 11.8 Å². The fourth-order valence-corrected chi connectivity index (χ4v) is 2.74. The summed E-state index contributed by atoms with van der Waals surface area (Å²) in [6, 6.07) is 5.97. The van der Waals surface area contributed by atoms with E-state index in [4.69, 9.17) is 5.73 Å². The number of rotatable bonds is 4. The molecule has 0 spiro atoms. The number of hydrogen-bond donors (Lipinski definition) is 2. The highest BCUT2D eigenvalue weighted by Crippen LogP contribution is 2.14. The SMILES string of the molecule is CC(C)n1cccc1C(=O)NCc1cc(C#CCN)cs1. The highest BCUT2D eigenvalue weighted by Gasteiger charge is 2.12. The van der Waals surface area contributed by atoms with E-state index in [0.717, 1.165) is 10.4 Å². The zero-order valence-electron chi connectivity index (χ0n) is 12.2. The van der Waals surface area contributed by atoms with Crippen molar-refractivity contribution in [2.75, 3.05) is 6.54 Å². The van der Waals surface area contributed by atoms with E-state index in [1.807, 2.05) is 34.3 Å². The summed E-state index contributed by atoms with van der Waals surface area (Å²) in [5.41, 5.74) is 6.97. The predicted octanol–water partition coefficient (Wildman–Crippen LogP) is 2.37. The summed E-state index contributed by atoms with van der Waals surface area (Å²) in [7, 11) is 0. The van der Waals surface area contributed by atoms with Crippen LogP contribution in [-0.2, 0) is 6.54 Å². The van der Waals surface area contributed by atoms with Crippen LogP contribution >= 0.6 is 11.3 Å². The van der Waals surface area contributed by atoms with Crippen LogP contribution in [0.15, 0.2) is 29.8 Å². The quantitative estimate of drug-likeness (QED) is 0.852. The number of hydrogen-bond acceptors (Lipinski definition) is 3. The number of carbonyl (C=O) groups is 1. The minimum Gasteiger partial charge on any atom is -0.346 e. The highest BCUT2D eigenvalue weighted by atomic mass is 32.1. The van der Waals surface area contributed by atoms with Gasteiger partial charge >= 0.3 is 0 Å². The Morgan fingerprint density at radius 3 is 3.05 bits per heavy atom. The van der Waals surface area contributed by atoms with Gasteiger partial charge in [-0.15, -0.1) is 11.3 Å². The first-order valence-corrected chi connectivity index (χ1v) is 7.71. The molecule has 1 amide bonds. The van der Waals surface area contributed by atoms with E-state index in [2.05, 4.69) is 31.0 Å². The first-order valence-electron chi connectivity index (χ1n) is 6.83. The summed E-state index contributed by atoms with van der Waals surface area (Å²) >= 11 is 1.58. The highest BCUT2D eigenvalue weighted by molar-refractivity contribution is 7.10. The number of nitrogens with one attached hydrogen (secondary N) is 1. The maximum absolute atomic E-state index is 12.2. The first kappa shape index (κ1) is 15.4. The molecule has 5 heteroatoms. The second-order valence-corrected chi connectivity index (χ2v) is 5.88. The van der Waals surface area contributed by atoms with Crippen LogP contribution < -0.4 is 11.1 Å². The fraction of sp³-hybridized carbons (Fsp3) is 0.312. The third-order valence-electron chi connectivity index (χ3n) is 2.98. The number of aromatic nitrogens is 1. The molecule has 0 aromatic carbocycles. The Bertz CT molecular complexity index is 673. The van der Waals surface area contributed by atoms with Gasteiger partial charge in [-0.2, -0.15) is 0 Å². The Balaban J connectivity index is 1.98. The van der Waals surface area contributed by atoms with E-state index < -0.39 is 0 Å². The van der Waals surface area contributed by atoms with Crippen molar-refractivity contribution >= 4 is 17.2 Å². The Kier molecular flexibility index (Phi) is 5.20. The van der Waals surface area contributed by atoms with Crippen molar-refractivity contribution in [3.05, 3.63) is 45.9 Å². The van der Waals surface area contributed by atoms with Crippen molar-refractivity contribution in [3.8, 4) is 11.8 Å². The lowest BCUT2D eigenvalue weighted by Gasteiger charge is -2.12. The smallest absolute Gasteiger partial charge is 0.268 e. The molecule has 21 heavy (non-hydrogen) atoms. The minimum absolute atomic E-state index is 0.0586. The summed E-state index contributed by atoms with van der Waals surface area (Å²) in [6.45, 7) is 4.97. The molecule has 0 aliphatic carbocycles. The molecule has 2 aromatic heterocycles. The molecule has 0 unspecified atom stereocenters. The predicted molar refractivity (Wildman–Crippen MR) is 86.2 cm³/mol. The van der Waals surface area contributed by atoms with E-state index in [1.54, 1.807) is 11.3 Å². The van der Waals surface area contributed by atoms with Gasteiger partial charge in [0.1, 0.15) is 5.69 Å². The molecule has 2 rings (SSSR count). The summed E-state index contributed by atoms with van der Waals surface area (Å²) < 4.78 is 1.96. The zero-order chi connectivity index (χ0) is 15.2.